The number of aryl methyl sites for hydroxylation is 1. The van der Waals surface area contributed by atoms with E-state index in [1.807, 2.05) is 24.3 Å². The van der Waals surface area contributed by atoms with Crippen LogP contribution in [0.25, 0.3) is 10.9 Å². The lowest BCUT2D eigenvalue weighted by Gasteiger charge is -2.31. The lowest BCUT2D eigenvalue weighted by Crippen LogP contribution is -2.49. The summed E-state index contributed by atoms with van der Waals surface area (Å²) in [6.07, 6.45) is 4.27. The average Bonchev–Trinajstić information content (AvgIpc) is 3.39. The van der Waals surface area contributed by atoms with Crippen molar-refractivity contribution in [2.45, 2.75) is 51.5 Å². The van der Waals surface area contributed by atoms with Crippen LogP contribution in [0.4, 0.5) is 18.0 Å². The van der Waals surface area contributed by atoms with Gasteiger partial charge in [-0.1, -0.05) is 43.4 Å². The number of nitrogens with one attached hydrogen (secondary N) is 2. The number of carbonyl (C=O) groups excluding carboxylic acids is 2. The van der Waals surface area contributed by atoms with Crippen LogP contribution in [-0.2, 0) is 35.2 Å². The molecule has 1 aliphatic heterocycles. The third-order valence-corrected chi connectivity index (χ3v) is 7.38. The molecule has 0 spiro atoms. The van der Waals surface area contributed by atoms with Crippen molar-refractivity contribution in [3.8, 4) is 0 Å². The molecule has 1 aliphatic carbocycles. The Morgan fingerprint density at radius 2 is 2.00 bits per heavy atom. The van der Waals surface area contributed by atoms with Gasteiger partial charge in [0.1, 0.15) is 12.6 Å². The Hall–Kier alpha value is -4.08. The van der Waals surface area contributed by atoms with Gasteiger partial charge >= 0.3 is 12.3 Å². The first kappa shape index (κ1) is 26.5. The maximum atomic E-state index is 13.7. The first-order valence-corrected chi connectivity index (χ1v) is 12.9. The van der Waals surface area contributed by atoms with Crippen LogP contribution in [-0.4, -0.2) is 39.7 Å². The van der Waals surface area contributed by atoms with Crippen LogP contribution < -0.4 is 5.32 Å². The van der Waals surface area contributed by atoms with E-state index in [0.29, 0.717) is 18.4 Å². The van der Waals surface area contributed by atoms with E-state index in [4.69, 9.17) is 4.74 Å². The SMILES string of the molecule is CC1CC=CC=C1COC(=O)N[C@@H]1CCc2ccc3[nH]ncc3c2CN(Cc2ccc(C(F)(F)F)cc2)C1=O. The molecule has 0 fully saturated rings. The summed E-state index contributed by atoms with van der Waals surface area (Å²) >= 11 is 0. The van der Waals surface area contributed by atoms with E-state index in [1.165, 1.54) is 12.1 Å². The van der Waals surface area contributed by atoms with Crippen LogP contribution in [0.3, 0.4) is 0 Å². The maximum Gasteiger partial charge on any atom is 0.416 e. The first-order chi connectivity index (χ1) is 18.7. The molecule has 1 aromatic heterocycles. The predicted molar refractivity (Wildman–Crippen MR) is 139 cm³/mol. The lowest BCUT2D eigenvalue weighted by atomic mass is 9.94. The van der Waals surface area contributed by atoms with Crippen LogP contribution >= 0.6 is 0 Å². The van der Waals surface area contributed by atoms with E-state index in [2.05, 4.69) is 28.5 Å². The van der Waals surface area contributed by atoms with Gasteiger partial charge in [-0.15, -0.1) is 0 Å². The Morgan fingerprint density at radius 1 is 1.21 bits per heavy atom. The number of H-pyrrole nitrogens is 1. The molecule has 7 nitrogen and oxygen atoms in total. The highest BCUT2D eigenvalue weighted by molar-refractivity contribution is 5.88. The van der Waals surface area contributed by atoms with Gasteiger partial charge in [0.15, 0.2) is 0 Å². The minimum absolute atomic E-state index is 0.0780. The average molecular weight is 539 g/mol. The Morgan fingerprint density at radius 3 is 2.74 bits per heavy atom. The van der Waals surface area contributed by atoms with Crippen molar-refractivity contribution in [1.29, 1.82) is 0 Å². The van der Waals surface area contributed by atoms with Crippen LogP contribution in [0.15, 0.2) is 66.4 Å². The summed E-state index contributed by atoms with van der Waals surface area (Å²) in [5, 5.41) is 10.7. The van der Waals surface area contributed by atoms with Gasteiger partial charge in [0, 0.05) is 18.5 Å². The van der Waals surface area contributed by atoms with E-state index >= 15 is 0 Å². The molecule has 0 bridgehead atoms. The largest absolute Gasteiger partial charge is 0.445 e. The molecule has 0 saturated carbocycles. The Labute approximate surface area is 223 Å². The number of rotatable bonds is 5. The number of hydrogen-bond donors (Lipinski definition) is 2. The molecule has 5 rings (SSSR count). The highest BCUT2D eigenvalue weighted by Gasteiger charge is 2.32. The van der Waals surface area contributed by atoms with Gasteiger partial charge in [-0.05, 0) is 65.6 Å². The molecular formula is C29H29F3N4O3. The summed E-state index contributed by atoms with van der Waals surface area (Å²) in [5.41, 5.74) is 3.56. The number of alkyl halides is 3. The third-order valence-electron chi connectivity index (χ3n) is 7.38. The van der Waals surface area contributed by atoms with E-state index in [0.717, 1.165) is 46.2 Å². The summed E-state index contributed by atoms with van der Waals surface area (Å²) in [7, 11) is 0. The summed E-state index contributed by atoms with van der Waals surface area (Å²) in [6, 6.07) is 7.82. The van der Waals surface area contributed by atoms with Crippen molar-refractivity contribution >= 4 is 22.9 Å². The van der Waals surface area contributed by atoms with Crippen LogP contribution in [0.5, 0.6) is 0 Å². The molecule has 2 aliphatic rings. The number of aromatic nitrogens is 2. The monoisotopic (exact) mass is 538 g/mol. The zero-order valence-electron chi connectivity index (χ0n) is 21.4. The fourth-order valence-corrected chi connectivity index (χ4v) is 5.05. The number of alkyl carbamates (subject to hydrolysis) is 1. The molecule has 2 atom stereocenters. The Kier molecular flexibility index (Phi) is 7.45. The van der Waals surface area contributed by atoms with E-state index in [9.17, 15) is 22.8 Å². The summed E-state index contributed by atoms with van der Waals surface area (Å²) in [4.78, 5) is 28.0. The van der Waals surface area contributed by atoms with E-state index in [1.54, 1.807) is 11.1 Å². The van der Waals surface area contributed by atoms with Crippen molar-refractivity contribution in [1.82, 2.24) is 20.4 Å². The highest BCUT2D eigenvalue weighted by Crippen LogP contribution is 2.30. The molecule has 2 N–H and O–H groups in total. The van der Waals surface area contributed by atoms with Gasteiger partial charge in [-0.2, -0.15) is 18.3 Å². The standard InChI is InChI=1S/C29H29F3N4O3/c1-18-4-2-3-5-21(18)17-39-28(38)34-26-13-9-20-8-12-25-23(14-33-35-25)24(20)16-36(27(26)37)15-19-6-10-22(11-7-19)29(30,31)32/h2-3,5-8,10-12,14,18,26H,4,9,13,15-17H2,1H3,(H,33,35)(H,34,38)/t18?,26-/m1/s1. The number of hydrogen-bond acceptors (Lipinski definition) is 4. The second-order valence-corrected chi connectivity index (χ2v) is 10.0. The van der Waals surface area contributed by atoms with Crippen molar-refractivity contribution in [2.24, 2.45) is 5.92 Å². The number of halogens is 3. The molecule has 2 amide bonds. The smallest absolute Gasteiger partial charge is 0.416 e. The third kappa shape index (κ3) is 6.00. The summed E-state index contributed by atoms with van der Waals surface area (Å²) < 4.78 is 44.6. The molecule has 39 heavy (non-hydrogen) atoms. The van der Waals surface area contributed by atoms with Crippen LogP contribution in [0.2, 0.25) is 0 Å². The van der Waals surface area contributed by atoms with Gasteiger partial charge < -0.3 is 15.0 Å². The van der Waals surface area contributed by atoms with Gasteiger partial charge in [0.2, 0.25) is 5.91 Å². The van der Waals surface area contributed by atoms with Crippen molar-refractivity contribution < 1.29 is 27.5 Å². The number of aromatic amines is 1. The number of carbonyl (C=O) groups is 2. The minimum atomic E-state index is -4.45. The molecule has 0 radical (unpaired) electrons. The zero-order chi connectivity index (χ0) is 27.6. The molecule has 1 unspecified atom stereocenters. The number of nitrogens with zero attached hydrogens (tertiary/aromatic N) is 2. The molecule has 0 saturated heterocycles. The minimum Gasteiger partial charge on any atom is -0.445 e. The summed E-state index contributed by atoms with van der Waals surface area (Å²) in [6.45, 7) is 2.49. The Balaban J connectivity index is 1.37. The molecule has 10 heteroatoms. The maximum absolute atomic E-state index is 13.7. The van der Waals surface area contributed by atoms with Crippen molar-refractivity contribution in [3.05, 3.63) is 88.7 Å². The van der Waals surface area contributed by atoms with Crippen LogP contribution in [0.1, 0.15) is 42.0 Å². The fraction of sp³-hybridized carbons (Fsp3) is 0.345. The predicted octanol–water partition coefficient (Wildman–Crippen LogP) is 5.67. The normalized spacial score (nSPS) is 19.7. The van der Waals surface area contributed by atoms with Crippen LogP contribution in [0, 0.1) is 5.92 Å². The van der Waals surface area contributed by atoms with Crippen molar-refractivity contribution in [2.75, 3.05) is 6.61 Å². The quantitative estimate of drug-likeness (QED) is 0.438. The van der Waals surface area contributed by atoms with E-state index < -0.39 is 23.9 Å². The molecule has 3 aromatic rings. The number of benzene rings is 2. The number of amides is 2. The topological polar surface area (TPSA) is 87.3 Å². The van der Waals surface area contributed by atoms with Gasteiger partial charge in [-0.3, -0.25) is 9.89 Å². The van der Waals surface area contributed by atoms with Gasteiger partial charge in [0.25, 0.3) is 0 Å². The first-order valence-electron chi connectivity index (χ1n) is 12.9. The molecule has 204 valence electrons. The zero-order valence-corrected chi connectivity index (χ0v) is 21.4. The number of fused-ring (bicyclic) bond motifs is 3. The number of ether oxygens (including phenoxy) is 1. The number of allylic oxidation sites excluding steroid dienone is 3. The fourth-order valence-electron chi connectivity index (χ4n) is 5.05. The second kappa shape index (κ2) is 11.0. The second-order valence-electron chi connectivity index (χ2n) is 10.0. The lowest BCUT2D eigenvalue weighted by molar-refractivity contribution is -0.138. The molecular weight excluding hydrogens is 509 g/mol. The van der Waals surface area contributed by atoms with E-state index in [-0.39, 0.29) is 31.5 Å². The summed E-state index contributed by atoms with van der Waals surface area (Å²) in [5.74, 6) is -0.0625. The van der Waals surface area contributed by atoms with Gasteiger partial charge in [0.05, 0.1) is 17.3 Å². The van der Waals surface area contributed by atoms with Gasteiger partial charge in [-0.25, -0.2) is 4.79 Å². The molecule has 2 heterocycles. The van der Waals surface area contributed by atoms with Crippen molar-refractivity contribution in [3.63, 3.8) is 0 Å². The Bertz CT molecular complexity index is 1430. The highest BCUT2D eigenvalue weighted by atomic mass is 19.4. The molecule has 2 aromatic carbocycles.